The summed E-state index contributed by atoms with van der Waals surface area (Å²) in [7, 11) is 0. The number of rotatable bonds is 7. The van der Waals surface area contributed by atoms with Crippen LogP contribution in [0.25, 0.3) is 11.2 Å². The lowest BCUT2D eigenvalue weighted by molar-refractivity contribution is 0.0526. The van der Waals surface area contributed by atoms with E-state index in [2.05, 4.69) is 22.2 Å². The Balaban J connectivity index is 2.57. The highest BCUT2D eigenvalue weighted by Gasteiger charge is 2.22. The van der Waals surface area contributed by atoms with Gasteiger partial charge >= 0.3 is 5.97 Å². The minimum Gasteiger partial charge on any atom is -0.462 e. The topological polar surface area (TPSA) is 69.0 Å². The van der Waals surface area contributed by atoms with Crippen molar-refractivity contribution in [2.45, 2.75) is 47.1 Å². The molecule has 0 aromatic carbocycles. The molecule has 1 N–H and O–H groups in total. The lowest BCUT2D eigenvalue weighted by Gasteiger charge is -2.14. The van der Waals surface area contributed by atoms with Crippen LogP contribution in [0.2, 0.25) is 0 Å². The van der Waals surface area contributed by atoms with Crippen molar-refractivity contribution in [3.05, 3.63) is 17.6 Å². The molecular formula is C16H24N4O2. The maximum atomic E-state index is 12.3. The van der Waals surface area contributed by atoms with Crippen LogP contribution in [-0.2, 0) is 11.3 Å². The van der Waals surface area contributed by atoms with Gasteiger partial charge in [0.05, 0.1) is 24.3 Å². The molecule has 2 aromatic heterocycles. The van der Waals surface area contributed by atoms with Crippen molar-refractivity contribution in [3.63, 3.8) is 0 Å². The van der Waals surface area contributed by atoms with Gasteiger partial charge in [0.25, 0.3) is 0 Å². The first-order valence-corrected chi connectivity index (χ1v) is 7.90. The largest absolute Gasteiger partial charge is 0.462 e. The molecule has 2 heterocycles. The Kier molecular flexibility index (Phi) is 5.35. The Hall–Kier alpha value is -2.11. The molecule has 0 fully saturated rings. The molecule has 0 aliphatic rings. The summed E-state index contributed by atoms with van der Waals surface area (Å²) in [6.45, 7) is 9.73. The zero-order valence-electron chi connectivity index (χ0n) is 13.8. The van der Waals surface area contributed by atoms with E-state index in [1.54, 1.807) is 13.3 Å². The third-order valence-electron chi connectivity index (χ3n) is 3.58. The Morgan fingerprint density at radius 3 is 2.77 bits per heavy atom. The normalized spacial score (nSPS) is 10.9. The summed E-state index contributed by atoms with van der Waals surface area (Å²) in [6.07, 6.45) is 3.87. The van der Waals surface area contributed by atoms with E-state index in [0.29, 0.717) is 17.9 Å². The molecule has 6 nitrogen and oxygen atoms in total. The molecular weight excluding hydrogens is 280 g/mol. The fraction of sp³-hybridized carbons (Fsp3) is 0.562. The highest BCUT2D eigenvalue weighted by molar-refractivity contribution is 6.04. The molecule has 6 heteroatoms. The predicted octanol–water partition coefficient (Wildman–Crippen LogP) is 3.15. The number of unbranched alkanes of at least 4 members (excludes halogenated alkanes) is 1. The van der Waals surface area contributed by atoms with Gasteiger partial charge in [-0.3, -0.25) is 0 Å². The van der Waals surface area contributed by atoms with Crippen LogP contribution in [-0.4, -0.2) is 33.7 Å². The van der Waals surface area contributed by atoms with Gasteiger partial charge in [-0.25, -0.2) is 14.8 Å². The molecule has 2 rings (SSSR count). The third-order valence-corrected chi connectivity index (χ3v) is 3.58. The third kappa shape index (κ3) is 3.05. The minimum atomic E-state index is -0.348. The van der Waals surface area contributed by atoms with E-state index in [9.17, 15) is 4.79 Å². The molecule has 22 heavy (non-hydrogen) atoms. The number of fused-ring (bicyclic) bond motifs is 1. The zero-order valence-corrected chi connectivity index (χ0v) is 13.8. The van der Waals surface area contributed by atoms with E-state index >= 15 is 0 Å². The van der Waals surface area contributed by atoms with Crippen molar-refractivity contribution in [2.24, 2.45) is 0 Å². The Morgan fingerprint density at radius 1 is 1.36 bits per heavy atom. The number of carbonyl (C=O) groups excluding carboxylic acids is 1. The van der Waals surface area contributed by atoms with Crippen LogP contribution in [0.15, 0.2) is 6.33 Å². The number of imidazole rings is 1. The van der Waals surface area contributed by atoms with Gasteiger partial charge in [0, 0.05) is 13.1 Å². The number of pyridine rings is 1. The summed E-state index contributed by atoms with van der Waals surface area (Å²) in [5.41, 5.74) is 3.42. The van der Waals surface area contributed by atoms with Gasteiger partial charge in [0.2, 0.25) is 0 Å². The molecule has 0 saturated heterocycles. The lowest BCUT2D eigenvalue weighted by atomic mass is 10.1. The second kappa shape index (κ2) is 7.24. The monoisotopic (exact) mass is 304 g/mol. The first kappa shape index (κ1) is 16.3. The second-order valence-corrected chi connectivity index (χ2v) is 5.15. The van der Waals surface area contributed by atoms with Crippen LogP contribution < -0.4 is 5.32 Å². The second-order valence-electron chi connectivity index (χ2n) is 5.15. The average Bonchev–Trinajstić information content (AvgIpc) is 2.90. The number of anilines is 1. The fourth-order valence-electron chi connectivity index (χ4n) is 2.43. The Labute approximate surface area is 130 Å². The molecule has 0 aliphatic carbocycles. The number of esters is 1. The van der Waals surface area contributed by atoms with Crippen LogP contribution in [0.3, 0.4) is 0 Å². The van der Waals surface area contributed by atoms with E-state index in [1.165, 1.54) is 0 Å². The number of ether oxygens (including phenoxy) is 1. The molecule has 2 aromatic rings. The van der Waals surface area contributed by atoms with Crippen molar-refractivity contribution in [1.29, 1.82) is 0 Å². The smallest absolute Gasteiger partial charge is 0.342 e. The van der Waals surface area contributed by atoms with Gasteiger partial charge in [-0.15, -0.1) is 0 Å². The van der Waals surface area contributed by atoms with Gasteiger partial charge in [-0.1, -0.05) is 13.3 Å². The number of hydrogen-bond donors (Lipinski definition) is 1. The van der Waals surface area contributed by atoms with E-state index < -0.39 is 0 Å². The molecule has 0 saturated carbocycles. The first-order valence-electron chi connectivity index (χ1n) is 7.90. The molecule has 0 bridgehead atoms. The molecule has 0 unspecified atom stereocenters. The summed E-state index contributed by atoms with van der Waals surface area (Å²) in [4.78, 5) is 21.3. The molecule has 120 valence electrons. The summed E-state index contributed by atoms with van der Waals surface area (Å²) in [5, 5.41) is 3.36. The van der Waals surface area contributed by atoms with Crippen LogP contribution in [0.1, 0.15) is 49.7 Å². The number of carbonyl (C=O) groups is 1. The van der Waals surface area contributed by atoms with E-state index in [-0.39, 0.29) is 5.97 Å². The van der Waals surface area contributed by atoms with Gasteiger partial charge in [-0.05, 0) is 27.2 Å². The molecule has 0 spiro atoms. The molecule has 0 amide bonds. The zero-order chi connectivity index (χ0) is 16.1. The Bertz CT molecular complexity index is 664. The highest BCUT2D eigenvalue weighted by atomic mass is 16.5. The van der Waals surface area contributed by atoms with Crippen molar-refractivity contribution < 1.29 is 9.53 Å². The summed E-state index contributed by atoms with van der Waals surface area (Å²) >= 11 is 0. The standard InChI is InChI=1S/C16H24N4O2/c1-5-8-9-17-13-12(16(21)22-7-3)11(4)19-15-14(13)18-10-20(15)6-2/h10H,5-9H2,1-4H3,(H,17,19). The van der Waals surface area contributed by atoms with Crippen molar-refractivity contribution >= 4 is 22.8 Å². The van der Waals surface area contributed by atoms with Crippen LogP contribution in [0.5, 0.6) is 0 Å². The van der Waals surface area contributed by atoms with Gasteiger partial charge in [-0.2, -0.15) is 0 Å². The summed E-state index contributed by atoms with van der Waals surface area (Å²) < 4.78 is 7.16. The van der Waals surface area contributed by atoms with Crippen molar-refractivity contribution in [1.82, 2.24) is 14.5 Å². The van der Waals surface area contributed by atoms with Crippen LogP contribution in [0.4, 0.5) is 5.69 Å². The SMILES string of the molecule is CCCCNc1c(C(=O)OCC)c(C)nc2c1ncn2CC. The van der Waals surface area contributed by atoms with E-state index in [1.807, 2.05) is 18.4 Å². The summed E-state index contributed by atoms with van der Waals surface area (Å²) in [6, 6.07) is 0. The summed E-state index contributed by atoms with van der Waals surface area (Å²) in [5.74, 6) is -0.348. The minimum absolute atomic E-state index is 0.341. The predicted molar refractivity (Wildman–Crippen MR) is 87.3 cm³/mol. The quantitative estimate of drug-likeness (QED) is 0.628. The molecule has 0 aliphatic heterocycles. The number of aryl methyl sites for hydroxylation is 2. The van der Waals surface area contributed by atoms with Gasteiger partial charge in [0.1, 0.15) is 11.1 Å². The van der Waals surface area contributed by atoms with Gasteiger partial charge < -0.3 is 14.6 Å². The van der Waals surface area contributed by atoms with E-state index in [4.69, 9.17) is 4.74 Å². The first-order chi connectivity index (χ1) is 10.6. The fourth-order valence-corrected chi connectivity index (χ4v) is 2.43. The van der Waals surface area contributed by atoms with Gasteiger partial charge in [0.15, 0.2) is 5.65 Å². The lowest BCUT2D eigenvalue weighted by Crippen LogP contribution is -2.14. The average molecular weight is 304 g/mol. The number of nitrogens with one attached hydrogen (secondary N) is 1. The maximum absolute atomic E-state index is 12.3. The van der Waals surface area contributed by atoms with Crippen LogP contribution >= 0.6 is 0 Å². The van der Waals surface area contributed by atoms with E-state index in [0.717, 1.165) is 42.8 Å². The number of hydrogen-bond acceptors (Lipinski definition) is 5. The van der Waals surface area contributed by atoms with Crippen molar-refractivity contribution in [3.8, 4) is 0 Å². The number of nitrogens with zero attached hydrogens (tertiary/aromatic N) is 3. The molecule has 0 radical (unpaired) electrons. The molecule has 0 atom stereocenters. The van der Waals surface area contributed by atoms with Crippen LogP contribution in [0, 0.1) is 6.92 Å². The maximum Gasteiger partial charge on any atom is 0.342 e. The van der Waals surface area contributed by atoms with Crippen molar-refractivity contribution in [2.75, 3.05) is 18.5 Å². The Morgan fingerprint density at radius 2 is 2.14 bits per heavy atom. The number of aromatic nitrogens is 3. The highest BCUT2D eigenvalue weighted by Crippen LogP contribution is 2.28.